The Morgan fingerprint density at radius 2 is 1.50 bits per heavy atom. The summed E-state index contributed by atoms with van der Waals surface area (Å²) in [5.41, 5.74) is 3.92. The van der Waals surface area contributed by atoms with E-state index in [0.29, 0.717) is 10.8 Å². The van der Waals surface area contributed by atoms with Gasteiger partial charge in [-0.05, 0) is 19.1 Å². The maximum Gasteiger partial charge on any atom is 0.182 e. The van der Waals surface area contributed by atoms with Gasteiger partial charge in [-0.3, -0.25) is 0 Å². The van der Waals surface area contributed by atoms with Gasteiger partial charge in [0.2, 0.25) is 0 Å². The lowest BCUT2D eigenvalue weighted by atomic mass is 10.1. The second-order valence-electron chi connectivity index (χ2n) is 4.54. The number of benzene rings is 2. The average Bonchev–Trinajstić information content (AvgIpc) is 2.49. The number of hydrogen-bond acceptors (Lipinski definition) is 3. The van der Waals surface area contributed by atoms with Crippen LogP contribution in [0.3, 0.4) is 0 Å². The zero-order valence-electron chi connectivity index (χ0n) is 10.9. The predicted octanol–water partition coefficient (Wildman–Crippen LogP) is 4.17. The summed E-state index contributed by atoms with van der Waals surface area (Å²) in [4.78, 5) is 4.56. The minimum atomic E-state index is 0.623. The van der Waals surface area contributed by atoms with Crippen LogP contribution in [0.25, 0.3) is 22.6 Å². The lowest BCUT2D eigenvalue weighted by Gasteiger charge is -2.03. The van der Waals surface area contributed by atoms with Crippen LogP contribution in [0.2, 0.25) is 5.02 Å². The predicted molar refractivity (Wildman–Crippen MR) is 80.4 cm³/mol. The molecule has 98 valence electrons. The van der Waals surface area contributed by atoms with Crippen molar-refractivity contribution in [3.05, 3.63) is 65.3 Å². The van der Waals surface area contributed by atoms with E-state index in [9.17, 15) is 0 Å². The molecule has 0 saturated carbocycles. The third-order valence-electron chi connectivity index (χ3n) is 3.01. The Morgan fingerprint density at radius 1 is 0.850 bits per heavy atom. The van der Waals surface area contributed by atoms with Gasteiger partial charge in [-0.1, -0.05) is 53.6 Å². The van der Waals surface area contributed by atoms with Crippen molar-refractivity contribution in [1.29, 1.82) is 0 Å². The molecular formula is C16H12ClN3. The molecule has 0 aliphatic rings. The molecule has 3 nitrogen and oxygen atoms in total. The van der Waals surface area contributed by atoms with Crippen molar-refractivity contribution < 1.29 is 0 Å². The molecule has 0 aliphatic carbocycles. The molecule has 0 aliphatic heterocycles. The molecule has 0 amide bonds. The van der Waals surface area contributed by atoms with Crippen LogP contribution in [0.15, 0.2) is 54.7 Å². The summed E-state index contributed by atoms with van der Waals surface area (Å²) in [6.45, 7) is 2.05. The molecule has 0 radical (unpaired) electrons. The highest BCUT2D eigenvalue weighted by atomic mass is 35.5. The van der Waals surface area contributed by atoms with Gasteiger partial charge in [0.1, 0.15) is 0 Å². The highest BCUT2D eigenvalue weighted by molar-refractivity contribution is 6.30. The fourth-order valence-corrected chi connectivity index (χ4v) is 2.01. The molecule has 0 saturated heterocycles. The summed E-state index contributed by atoms with van der Waals surface area (Å²) in [6.07, 6.45) is 1.65. The van der Waals surface area contributed by atoms with E-state index in [1.807, 2.05) is 55.5 Å². The second kappa shape index (κ2) is 5.39. The first kappa shape index (κ1) is 12.8. The van der Waals surface area contributed by atoms with Crippen molar-refractivity contribution in [3.63, 3.8) is 0 Å². The molecule has 3 aromatic rings. The second-order valence-corrected chi connectivity index (χ2v) is 4.97. The highest BCUT2D eigenvalue weighted by Crippen LogP contribution is 2.21. The number of halogens is 1. The molecule has 0 fully saturated rings. The molecule has 0 N–H and O–H groups in total. The normalized spacial score (nSPS) is 10.5. The maximum atomic E-state index is 5.89. The summed E-state index contributed by atoms with van der Waals surface area (Å²) < 4.78 is 0. The zero-order valence-corrected chi connectivity index (χ0v) is 11.7. The number of aryl methyl sites for hydroxylation is 1. The van der Waals surface area contributed by atoms with Crippen LogP contribution >= 0.6 is 11.6 Å². The van der Waals surface area contributed by atoms with Crippen LogP contribution in [-0.2, 0) is 0 Å². The van der Waals surface area contributed by atoms with E-state index in [4.69, 9.17) is 11.6 Å². The van der Waals surface area contributed by atoms with Crippen molar-refractivity contribution >= 4 is 11.6 Å². The van der Waals surface area contributed by atoms with Crippen molar-refractivity contribution in [2.24, 2.45) is 0 Å². The summed E-state index contributed by atoms with van der Waals surface area (Å²) in [5, 5.41) is 8.84. The average molecular weight is 282 g/mol. The quantitative estimate of drug-likeness (QED) is 0.708. The van der Waals surface area contributed by atoms with E-state index >= 15 is 0 Å². The summed E-state index contributed by atoms with van der Waals surface area (Å²) in [5.74, 6) is 0.623. The van der Waals surface area contributed by atoms with Crippen LogP contribution in [0.4, 0.5) is 0 Å². The van der Waals surface area contributed by atoms with E-state index in [0.717, 1.165) is 16.8 Å². The molecule has 4 heteroatoms. The van der Waals surface area contributed by atoms with E-state index in [1.165, 1.54) is 5.56 Å². The molecule has 1 aromatic heterocycles. The van der Waals surface area contributed by atoms with Crippen LogP contribution in [0, 0.1) is 6.92 Å². The van der Waals surface area contributed by atoms with Crippen molar-refractivity contribution in [2.45, 2.75) is 6.92 Å². The van der Waals surface area contributed by atoms with E-state index < -0.39 is 0 Å². The molecule has 1 heterocycles. The zero-order chi connectivity index (χ0) is 13.9. The first-order valence-electron chi connectivity index (χ1n) is 6.25. The fourth-order valence-electron chi connectivity index (χ4n) is 1.89. The topological polar surface area (TPSA) is 38.7 Å². The minimum absolute atomic E-state index is 0.623. The largest absolute Gasteiger partial charge is 0.225 e. The monoisotopic (exact) mass is 281 g/mol. The van der Waals surface area contributed by atoms with Crippen LogP contribution in [0.5, 0.6) is 0 Å². The Balaban J connectivity index is 2.01. The third kappa shape index (κ3) is 2.68. The Morgan fingerprint density at radius 3 is 2.20 bits per heavy atom. The molecule has 0 spiro atoms. The van der Waals surface area contributed by atoms with Crippen LogP contribution < -0.4 is 0 Å². The van der Waals surface area contributed by atoms with Gasteiger partial charge >= 0.3 is 0 Å². The Bertz CT molecular complexity index is 661. The Labute approximate surface area is 122 Å². The smallest absolute Gasteiger partial charge is 0.182 e. The molecule has 0 atom stereocenters. The Kier molecular flexibility index (Phi) is 3.44. The van der Waals surface area contributed by atoms with Crippen LogP contribution in [0.1, 0.15) is 5.56 Å². The van der Waals surface area contributed by atoms with E-state index in [1.54, 1.807) is 6.20 Å². The van der Waals surface area contributed by atoms with Gasteiger partial charge in [-0.15, -0.1) is 5.10 Å². The molecular weight excluding hydrogens is 270 g/mol. The number of hydrogen-bond donors (Lipinski definition) is 0. The molecule has 0 bridgehead atoms. The number of rotatable bonds is 2. The van der Waals surface area contributed by atoms with Crippen molar-refractivity contribution in [3.8, 4) is 22.6 Å². The van der Waals surface area contributed by atoms with Gasteiger partial charge in [0.05, 0.1) is 11.9 Å². The SMILES string of the molecule is Cc1ccc(-c2nncc(-c3ccc(Cl)cc3)n2)cc1. The van der Waals surface area contributed by atoms with E-state index in [2.05, 4.69) is 15.2 Å². The molecule has 20 heavy (non-hydrogen) atoms. The molecule has 3 rings (SSSR count). The summed E-state index contributed by atoms with van der Waals surface area (Å²) in [6, 6.07) is 15.6. The number of aromatic nitrogens is 3. The lowest BCUT2D eigenvalue weighted by Crippen LogP contribution is -1.94. The highest BCUT2D eigenvalue weighted by Gasteiger charge is 2.05. The first-order valence-corrected chi connectivity index (χ1v) is 6.63. The molecule has 2 aromatic carbocycles. The van der Waals surface area contributed by atoms with Gasteiger partial charge in [0, 0.05) is 16.1 Å². The lowest BCUT2D eigenvalue weighted by molar-refractivity contribution is 0.984. The molecule has 0 unspecified atom stereocenters. The van der Waals surface area contributed by atoms with Gasteiger partial charge in [0.15, 0.2) is 5.82 Å². The van der Waals surface area contributed by atoms with Gasteiger partial charge < -0.3 is 0 Å². The van der Waals surface area contributed by atoms with E-state index in [-0.39, 0.29) is 0 Å². The number of nitrogens with zero attached hydrogens (tertiary/aromatic N) is 3. The van der Waals surface area contributed by atoms with Crippen LogP contribution in [-0.4, -0.2) is 15.2 Å². The standard InChI is InChI=1S/C16H12ClN3/c1-11-2-4-13(5-3-11)16-19-15(10-18-20-16)12-6-8-14(17)9-7-12/h2-10H,1H3. The van der Waals surface area contributed by atoms with Gasteiger partial charge in [-0.25, -0.2) is 4.98 Å². The maximum absolute atomic E-state index is 5.89. The third-order valence-corrected chi connectivity index (χ3v) is 3.26. The first-order chi connectivity index (χ1) is 9.72. The van der Waals surface area contributed by atoms with Crippen molar-refractivity contribution in [1.82, 2.24) is 15.2 Å². The Hall–Kier alpha value is -2.26. The fraction of sp³-hybridized carbons (Fsp3) is 0.0625. The van der Waals surface area contributed by atoms with Gasteiger partial charge in [0.25, 0.3) is 0 Å². The van der Waals surface area contributed by atoms with Crippen molar-refractivity contribution in [2.75, 3.05) is 0 Å². The minimum Gasteiger partial charge on any atom is -0.225 e. The summed E-state index contributed by atoms with van der Waals surface area (Å²) in [7, 11) is 0. The van der Waals surface area contributed by atoms with Gasteiger partial charge in [-0.2, -0.15) is 5.10 Å². The summed E-state index contributed by atoms with van der Waals surface area (Å²) >= 11 is 5.89.